The molecule has 0 aliphatic heterocycles. The molecular weight excluding hydrogens is 278 g/mol. The number of carbonyl (C=O) groups is 3. The van der Waals surface area contributed by atoms with Crippen LogP contribution < -0.4 is 16.4 Å². The fourth-order valence-electron chi connectivity index (χ4n) is 1.71. The predicted octanol–water partition coefficient (Wildman–Crippen LogP) is -0.654. The molecule has 1 rings (SSSR count). The van der Waals surface area contributed by atoms with Gasteiger partial charge in [-0.05, 0) is 12.5 Å². The summed E-state index contributed by atoms with van der Waals surface area (Å²) in [4.78, 5) is 34.1. The molecule has 0 aliphatic carbocycles. The number of nitrogens with two attached hydrogens (primary N) is 1. The molecule has 0 fully saturated rings. The Hall–Kier alpha value is -2.61. The number of carbonyl (C=O) groups excluding carboxylic acids is 2. The number of hydrogen-bond acceptors (Lipinski definition) is 4. The van der Waals surface area contributed by atoms with Gasteiger partial charge < -0.3 is 26.6 Å². The number of aliphatic hydroxyl groups is 1. The van der Waals surface area contributed by atoms with Crippen molar-refractivity contribution < 1.29 is 24.6 Å². The Morgan fingerprint density at radius 3 is 2.14 bits per heavy atom. The zero-order valence-electron chi connectivity index (χ0n) is 11.3. The molecule has 1 unspecified atom stereocenters. The van der Waals surface area contributed by atoms with Gasteiger partial charge in [0.05, 0.1) is 6.10 Å². The lowest BCUT2D eigenvalue weighted by Crippen LogP contribution is -2.52. The first-order chi connectivity index (χ1) is 9.82. The molecule has 8 nitrogen and oxygen atoms in total. The van der Waals surface area contributed by atoms with Crippen LogP contribution in [0, 0.1) is 0 Å². The molecule has 1 aromatic rings. The van der Waals surface area contributed by atoms with Crippen molar-refractivity contribution in [1.82, 2.24) is 10.6 Å². The van der Waals surface area contributed by atoms with Gasteiger partial charge in [0.1, 0.15) is 6.04 Å². The molecule has 1 aromatic carbocycles. The van der Waals surface area contributed by atoms with Crippen LogP contribution in [0.2, 0.25) is 0 Å². The Balaban J connectivity index is 2.96. The van der Waals surface area contributed by atoms with Gasteiger partial charge in [-0.25, -0.2) is 9.59 Å². The zero-order chi connectivity index (χ0) is 16.0. The third-order valence-electron chi connectivity index (χ3n) is 2.73. The van der Waals surface area contributed by atoms with E-state index < -0.39 is 36.1 Å². The first-order valence-electron chi connectivity index (χ1n) is 6.15. The summed E-state index contributed by atoms with van der Waals surface area (Å²) in [7, 11) is 0. The molecule has 0 heterocycles. The smallest absolute Gasteiger partial charge is 0.328 e. The van der Waals surface area contributed by atoms with Gasteiger partial charge >= 0.3 is 12.0 Å². The number of urea groups is 1. The zero-order valence-corrected chi connectivity index (χ0v) is 11.3. The standard InChI is InChI=1S/C13H17N3O5/c1-7(17)9(12(19)20)15-11(18)10(16-13(14)21)8-5-3-2-4-6-8/h2-7,9-10,17H,1H3,(H,15,18)(H,19,20)(H3,14,16,21)/t7-,9+,10?/m1/s1. The van der Waals surface area contributed by atoms with Gasteiger partial charge in [0.25, 0.3) is 0 Å². The van der Waals surface area contributed by atoms with Crippen molar-refractivity contribution in [3.05, 3.63) is 35.9 Å². The third-order valence-corrected chi connectivity index (χ3v) is 2.73. The van der Waals surface area contributed by atoms with Crippen LogP contribution in [0.1, 0.15) is 18.5 Å². The van der Waals surface area contributed by atoms with Crippen molar-refractivity contribution in [2.45, 2.75) is 25.1 Å². The van der Waals surface area contributed by atoms with Crippen molar-refractivity contribution in [2.75, 3.05) is 0 Å². The van der Waals surface area contributed by atoms with Crippen LogP contribution in [-0.2, 0) is 9.59 Å². The monoisotopic (exact) mass is 295 g/mol. The minimum atomic E-state index is -1.49. The van der Waals surface area contributed by atoms with E-state index >= 15 is 0 Å². The van der Waals surface area contributed by atoms with Gasteiger partial charge in [-0.3, -0.25) is 4.79 Å². The first kappa shape index (κ1) is 16.4. The summed E-state index contributed by atoms with van der Waals surface area (Å²) in [6.45, 7) is 1.23. The molecule has 114 valence electrons. The Morgan fingerprint density at radius 1 is 1.14 bits per heavy atom. The van der Waals surface area contributed by atoms with E-state index in [1.807, 2.05) is 0 Å². The van der Waals surface area contributed by atoms with Crippen molar-refractivity contribution in [1.29, 1.82) is 0 Å². The summed E-state index contributed by atoms with van der Waals surface area (Å²) in [6.07, 6.45) is -1.29. The maximum atomic E-state index is 12.1. The third kappa shape index (κ3) is 4.77. The van der Waals surface area contributed by atoms with E-state index in [0.29, 0.717) is 5.56 Å². The Kier molecular flexibility index (Phi) is 5.67. The van der Waals surface area contributed by atoms with E-state index in [9.17, 15) is 19.5 Å². The fraction of sp³-hybridized carbons (Fsp3) is 0.308. The molecule has 0 saturated carbocycles. The maximum absolute atomic E-state index is 12.1. The number of primary amides is 1. The Labute approximate surface area is 120 Å². The molecule has 21 heavy (non-hydrogen) atoms. The number of hydrogen-bond donors (Lipinski definition) is 5. The summed E-state index contributed by atoms with van der Waals surface area (Å²) in [5.41, 5.74) is 5.46. The van der Waals surface area contributed by atoms with E-state index in [2.05, 4.69) is 10.6 Å². The van der Waals surface area contributed by atoms with Crippen molar-refractivity contribution >= 4 is 17.9 Å². The van der Waals surface area contributed by atoms with Crippen LogP contribution in [0.4, 0.5) is 4.79 Å². The summed E-state index contributed by atoms with van der Waals surface area (Å²) >= 11 is 0. The minimum Gasteiger partial charge on any atom is -0.480 e. The van der Waals surface area contributed by atoms with E-state index in [1.165, 1.54) is 6.92 Å². The molecule has 3 atom stereocenters. The largest absolute Gasteiger partial charge is 0.480 e. The van der Waals surface area contributed by atoms with Crippen molar-refractivity contribution in [3.63, 3.8) is 0 Å². The van der Waals surface area contributed by atoms with Gasteiger partial charge in [-0.2, -0.15) is 0 Å². The number of carboxylic acid groups (broad SMARTS) is 1. The number of rotatable bonds is 6. The number of amides is 3. The molecule has 0 aromatic heterocycles. The molecular formula is C13H17N3O5. The van der Waals surface area contributed by atoms with Gasteiger partial charge in [-0.15, -0.1) is 0 Å². The van der Waals surface area contributed by atoms with Crippen LogP contribution in [0.25, 0.3) is 0 Å². The molecule has 0 bridgehead atoms. The fourth-order valence-corrected chi connectivity index (χ4v) is 1.71. The second-order valence-corrected chi connectivity index (χ2v) is 4.42. The lowest BCUT2D eigenvalue weighted by molar-refractivity contribution is -0.145. The van der Waals surface area contributed by atoms with E-state index in [-0.39, 0.29) is 0 Å². The second-order valence-electron chi connectivity index (χ2n) is 4.42. The van der Waals surface area contributed by atoms with Gasteiger partial charge in [0.2, 0.25) is 5.91 Å². The number of nitrogens with one attached hydrogen (secondary N) is 2. The van der Waals surface area contributed by atoms with Crippen LogP contribution in [0.15, 0.2) is 30.3 Å². The summed E-state index contributed by atoms with van der Waals surface area (Å²) in [5, 5.41) is 22.7. The van der Waals surface area contributed by atoms with E-state index in [4.69, 9.17) is 10.8 Å². The highest BCUT2D eigenvalue weighted by Crippen LogP contribution is 2.13. The minimum absolute atomic E-state index is 0.434. The van der Waals surface area contributed by atoms with Gasteiger partial charge in [0.15, 0.2) is 6.04 Å². The molecule has 0 radical (unpaired) electrons. The predicted molar refractivity (Wildman–Crippen MR) is 73.1 cm³/mol. The molecule has 0 aliphatic rings. The van der Waals surface area contributed by atoms with Gasteiger partial charge in [-0.1, -0.05) is 30.3 Å². The highest BCUT2D eigenvalue weighted by Gasteiger charge is 2.29. The number of aliphatic hydroxyl groups excluding tert-OH is 1. The van der Waals surface area contributed by atoms with Crippen LogP contribution in [0.5, 0.6) is 0 Å². The average molecular weight is 295 g/mol. The molecule has 3 amide bonds. The summed E-state index contributed by atoms with van der Waals surface area (Å²) in [6, 6.07) is 4.63. The Bertz CT molecular complexity index is 518. The van der Waals surface area contributed by atoms with Crippen molar-refractivity contribution in [2.24, 2.45) is 5.73 Å². The van der Waals surface area contributed by atoms with Crippen molar-refractivity contribution in [3.8, 4) is 0 Å². The lowest BCUT2D eigenvalue weighted by atomic mass is 10.1. The van der Waals surface area contributed by atoms with Crippen LogP contribution in [0.3, 0.4) is 0 Å². The maximum Gasteiger partial charge on any atom is 0.328 e. The summed E-state index contributed by atoms with van der Waals surface area (Å²) < 4.78 is 0. The number of benzene rings is 1. The van der Waals surface area contributed by atoms with Gasteiger partial charge in [0, 0.05) is 0 Å². The second kappa shape index (κ2) is 7.25. The highest BCUT2D eigenvalue weighted by molar-refractivity contribution is 5.90. The SMILES string of the molecule is C[C@@H](O)[C@H](NC(=O)C(NC(N)=O)c1ccccc1)C(=O)O. The van der Waals surface area contributed by atoms with E-state index in [1.54, 1.807) is 30.3 Å². The quantitative estimate of drug-likeness (QED) is 0.474. The topological polar surface area (TPSA) is 142 Å². The van der Waals surface area contributed by atoms with Crippen LogP contribution >= 0.6 is 0 Å². The molecule has 0 saturated heterocycles. The first-order valence-corrected chi connectivity index (χ1v) is 6.15. The van der Waals surface area contributed by atoms with Crippen LogP contribution in [-0.4, -0.2) is 40.3 Å². The number of carboxylic acids is 1. The molecule has 6 N–H and O–H groups in total. The average Bonchev–Trinajstić information content (AvgIpc) is 2.42. The highest BCUT2D eigenvalue weighted by atomic mass is 16.4. The molecule has 8 heteroatoms. The molecule has 0 spiro atoms. The lowest BCUT2D eigenvalue weighted by Gasteiger charge is -2.22. The number of aliphatic carboxylic acids is 1. The summed E-state index contributed by atoms with van der Waals surface area (Å²) in [5.74, 6) is -2.17. The van der Waals surface area contributed by atoms with E-state index in [0.717, 1.165) is 0 Å². The Morgan fingerprint density at radius 2 is 1.71 bits per heavy atom. The normalized spacial score (nSPS) is 14.6.